The zero-order valence-corrected chi connectivity index (χ0v) is 21.7. The monoisotopic (exact) mass is 515 g/mol. The standard InChI is InChI=1S/C29H29N3O4S/c1-3-35-25-17-22(11-14-24(25)36-19-27(30)33)18-26-28(34)32(16-15-21-7-5-4-6-8-21)29(37-26)31-23-12-9-20(2)10-13-23/h4-14,17-18H,3,15-16,19H2,1-2H3,(H2,30,33). The summed E-state index contributed by atoms with van der Waals surface area (Å²) in [6.07, 6.45) is 2.54. The summed E-state index contributed by atoms with van der Waals surface area (Å²) >= 11 is 1.35. The molecule has 0 bridgehead atoms. The minimum Gasteiger partial charge on any atom is -0.490 e. The Morgan fingerprint density at radius 1 is 1.03 bits per heavy atom. The molecular formula is C29H29N3O4S. The van der Waals surface area contributed by atoms with Crippen LogP contribution in [0.15, 0.2) is 82.7 Å². The van der Waals surface area contributed by atoms with Gasteiger partial charge in [0.05, 0.1) is 17.2 Å². The lowest BCUT2D eigenvalue weighted by atomic mass is 10.1. The normalized spacial score (nSPS) is 15.4. The predicted molar refractivity (Wildman–Crippen MR) is 148 cm³/mol. The summed E-state index contributed by atoms with van der Waals surface area (Å²) in [6, 6.07) is 23.3. The fraction of sp³-hybridized carbons (Fsp3) is 0.207. The van der Waals surface area contributed by atoms with Crippen LogP contribution >= 0.6 is 11.8 Å². The fourth-order valence-corrected chi connectivity index (χ4v) is 4.73. The van der Waals surface area contributed by atoms with Crippen LogP contribution in [0.2, 0.25) is 0 Å². The summed E-state index contributed by atoms with van der Waals surface area (Å²) in [6.45, 7) is 4.57. The Bertz CT molecular complexity index is 1320. The lowest BCUT2D eigenvalue weighted by Crippen LogP contribution is -2.31. The van der Waals surface area contributed by atoms with E-state index in [-0.39, 0.29) is 12.5 Å². The average molecular weight is 516 g/mol. The minimum atomic E-state index is -0.572. The topological polar surface area (TPSA) is 94.2 Å². The molecule has 0 unspecified atom stereocenters. The van der Waals surface area contributed by atoms with Crippen LogP contribution in [-0.2, 0) is 16.0 Å². The van der Waals surface area contributed by atoms with Crippen LogP contribution in [0.4, 0.5) is 5.69 Å². The van der Waals surface area contributed by atoms with Gasteiger partial charge < -0.3 is 15.2 Å². The SMILES string of the molecule is CCOc1cc(C=C2SC(=Nc3ccc(C)cc3)N(CCc3ccccc3)C2=O)ccc1OCC(N)=O. The number of aryl methyl sites for hydroxylation is 1. The van der Waals surface area contributed by atoms with Gasteiger partial charge in [-0.3, -0.25) is 14.5 Å². The van der Waals surface area contributed by atoms with Gasteiger partial charge in [-0.05, 0) is 73.5 Å². The molecule has 3 aromatic rings. The number of hydrogen-bond acceptors (Lipinski definition) is 6. The van der Waals surface area contributed by atoms with E-state index in [0.717, 1.165) is 22.4 Å². The third kappa shape index (κ3) is 7.01. The van der Waals surface area contributed by atoms with Gasteiger partial charge in [0, 0.05) is 6.54 Å². The first-order valence-corrected chi connectivity index (χ1v) is 12.8. The molecule has 0 spiro atoms. The number of rotatable bonds is 10. The van der Waals surface area contributed by atoms with Crippen LogP contribution < -0.4 is 15.2 Å². The second kappa shape index (κ2) is 12.3. The lowest BCUT2D eigenvalue weighted by Gasteiger charge is -2.15. The highest BCUT2D eigenvalue weighted by molar-refractivity contribution is 8.18. The van der Waals surface area contributed by atoms with Crippen LogP contribution in [0, 0.1) is 6.92 Å². The number of ether oxygens (including phenoxy) is 2. The average Bonchev–Trinajstić information content (AvgIpc) is 3.17. The Morgan fingerprint density at radius 2 is 1.78 bits per heavy atom. The Hall–Kier alpha value is -4.04. The number of nitrogens with zero attached hydrogens (tertiary/aromatic N) is 2. The van der Waals surface area contributed by atoms with Gasteiger partial charge in [-0.2, -0.15) is 0 Å². The molecule has 2 amide bonds. The molecule has 0 aromatic heterocycles. The van der Waals surface area contributed by atoms with E-state index < -0.39 is 5.91 Å². The lowest BCUT2D eigenvalue weighted by molar-refractivity contribution is -0.122. The van der Waals surface area contributed by atoms with E-state index in [9.17, 15) is 9.59 Å². The van der Waals surface area contributed by atoms with E-state index in [0.29, 0.717) is 41.1 Å². The number of hydrogen-bond donors (Lipinski definition) is 1. The van der Waals surface area contributed by atoms with E-state index in [2.05, 4.69) is 12.1 Å². The number of aliphatic imine (C=N–C) groups is 1. The van der Waals surface area contributed by atoms with Gasteiger partial charge in [0.1, 0.15) is 0 Å². The van der Waals surface area contributed by atoms with Crippen LogP contribution in [-0.4, -0.2) is 41.6 Å². The van der Waals surface area contributed by atoms with E-state index in [1.54, 1.807) is 17.0 Å². The van der Waals surface area contributed by atoms with Gasteiger partial charge in [0.25, 0.3) is 11.8 Å². The number of primary amides is 1. The Morgan fingerprint density at radius 3 is 2.49 bits per heavy atom. The van der Waals surface area contributed by atoms with E-state index in [4.69, 9.17) is 20.2 Å². The molecule has 4 rings (SSSR count). The predicted octanol–water partition coefficient (Wildman–Crippen LogP) is 5.10. The molecule has 0 aliphatic carbocycles. The van der Waals surface area contributed by atoms with Gasteiger partial charge in [-0.25, -0.2) is 4.99 Å². The number of amides is 2. The number of benzene rings is 3. The molecule has 2 N–H and O–H groups in total. The van der Waals surface area contributed by atoms with Gasteiger partial charge in [0.2, 0.25) is 0 Å². The summed E-state index contributed by atoms with van der Waals surface area (Å²) in [5.41, 5.74) is 9.06. The van der Waals surface area contributed by atoms with Crippen molar-refractivity contribution in [2.24, 2.45) is 10.7 Å². The maximum Gasteiger partial charge on any atom is 0.266 e. The van der Waals surface area contributed by atoms with Crippen molar-refractivity contribution in [3.05, 3.63) is 94.4 Å². The summed E-state index contributed by atoms with van der Waals surface area (Å²) in [7, 11) is 0. The highest BCUT2D eigenvalue weighted by atomic mass is 32.2. The highest BCUT2D eigenvalue weighted by Gasteiger charge is 2.33. The smallest absolute Gasteiger partial charge is 0.266 e. The maximum atomic E-state index is 13.5. The third-order valence-electron chi connectivity index (χ3n) is 5.55. The highest BCUT2D eigenvalue weighted by Crippen LogP contribution is 2.36. The number of amidine groups is 1. The van der Waals surface area contributed by atoms with Gasteiger partial charge in [-0.15, -0.1) is 0 Å². The molecule has 1 aliphatic rings. The summed E-state index contributed by atoms with van der Waals surface area (Å²) in [5.74, 6) is 0.221. The maximum absolute atomic E-state index is 13.5. The molecule has 1 heterocycles. The molecule has 0 saturated carbocycles. The van der Waals surface area contributed by atoms with E-state index in [1.165, 1.54) is 11.8 Å². The van der Waals surface area contributed by atoms with Crippen molar-refractivity contribution in [1.29, 1.82) is 0 Å². The van der Waals surface area contributed by atoms with Crippen LogP contribution in [0.25, 0.3) is 6.08 Å². The van der Waals surface area contributed by atoms with Crippen molar-refractivity contribution in [1.82, 2.24) is 4.90 Å². The molecular weight excluding hydrogens is 486 g/mol. The Kier molecular flexibility index (Phi) is 8.64. The quantitative estimate of drug-likeness (QED) is 0.379. The second-order valence-corrected chi connectivity index (χ2v) is 9.44. The van der Waals surface area contributed by atoms with Crippen molar-refractivity contribution >= 4 is 40.5 Å². The molecule has 37 heavy (non-hydrogen) atoms. The number of carbonyl (C=O) groups is 2. The van der Waals surface area contributed by atoms with Crippen LogP contribution in [0.5, 0.6) is 11.5 Å². The van der Waals surface area contributed by atoms with E-state index >= 15 is 0 Å². The molecule has 1 fully saturated rings. The zero-order valence-electron chi connectivity index (χ0n) is 20.8. The van der Waals surface area contributed by atoms with Gasteiger partial charge in [-0.1, -0.05) is 54.1 Å². The number of carbonyl (C=O) groups excluding carboxylic acids is 2. The zero-order chi connectivity index (χ0) is 26.2. The van der Waals surface area contributed by atoms with Crippen molar-refractivity contribution < 1.29 is 19.1 Å². The summed E-state index contributed by atoms with van der Waals surface area (Å²) < 4.78 is 11.1. The molecule has 1 aliphatic heterocycles. The fourth-order valence-electron chi connectivity index (χ4n) is 3.71. The number of thioether (sulfide) groups is 1. The Labute approximate surface area is 221 Å². The number of nitrogens with two attached hydrogens (primary N) is 1. The van der Waals surface area contributed by atoms with E-state index in [1.807, 2.05) is 68.5 Å². The van der Waals surface area contributed by atoms with Crippen molar-refractivity contribution in [3.8, 4) is 11.5 Å². The first-order valence-electron chi connectivity index (χ1n) is 12.0. The Balaban J connectivity index is 1.62. The van der Waals surface area contributed by atoms with Crippen molar-refractivity contribution in [2.45, 2.75) is 20.3 Å². The second-order valence-electron chi connectivity index (χ2n) is 8.43. The van der Waals surface area contributed by atoms with Gasteiger partial charge >= 0.3 is 0 Å². The largest absolute Gasteiger partial charge is 0.490 e. The third-order valence-corrected chi connectivity index (χ3v) is 6.56. The van der Waals surface area contributed by atoms with Crippen molar-refractivity contribution in [3.63, 3.8) is 0 Å². The molecule has 0 atom stereocenters. The molecule has 0 radical (unpaired) electrons. The molecule has 190 valence electrons. The van der Waals surface area contributed by atoms with Crippen LogP contribution in [0.3, 0.4) is 0 Å². The van der Waals surface area contributed by atoms with Gasteiger partial charge in [0.15, 0.2) is 23.3 Å². The molecule has 8 heteroatoms. The molecule has 3 aromatic carbocycles. The molecule has 7 nitrogen and oxygen atoms in total. The first kappa shape index (κ1) is 26.0. The van der Waals surface area contributed by atoms with Crippen LogP contribution in [0.1, 0.15) is 23.6 Å². The minimum absolute atomic E-state index is 0.0983. The first-order chi connectivity index (χ1) is 17.9. The summed E-state index contributed by atoms with van der Waals surface area (Å²) in [4.78, 5) is 31.7. The van der Waals surface area contributed by atoms with Crippen molar-refractivity contribution in [2.75, 3.05) is 19.8 Å². The summed E-state index contributed by atoms with van der Waals surface area (Å²) in [5, 5.41) is 0.641. The molecule has 1 saturated heterocycles.